The maximum atomic E-state index is 12.6. The predicted molar refractivity (Wildman–Crippen MR) is 102 cm³/mol. The van der Waals surface area contributed by atoms with Crippen LogP contribution in [0.3, 0.4) is 0 Å². The van der Waals surface area contributed by atoms with Gasteiger partial charge in [-0.1, -0.05) is 36.4 Å². The molecule has 0 spiro atoms. The van der Waals surface area contributed by atoms with E-state index < -0.39 is 10.0 Å². The molecule has 0 radical (unpaired) electrons. The fraction of sp³-hybridized carbons (Fsp3) is 0.444. The van der Waals surface area contributed by atoms with Crippen molar-refractivity contribution in [1.82, 2.24) is 14.5 Å². The van der Waals surface area contributed by atoms with Crippen LogP contribution in [0.5, 0.6) is 0 Å². The minimum Gasteiger partial charge on any atom is -0.309 e. The Balaban J connectivity index is 1.71. The molecule has 1 aliphatic rings. The lowest BCUT2D eigenvalue weighted by Crippen LogP contribution is -2.43. The van der Waals surface area contributed by atoms with Gasteiger partial charge in [-0.3, -0.25) is 4.90 Å². The Kier molecular flexibility index (Phi) is 5.91. The van der Waals surface area contributed by atoms with Crippen molar-refractivity contribution >= 4 is 21.4 Å². The number of benzene rings is 1. The molecule has 0 unspecified atom stereocenters. The summed E-state index contributed by atoms with van der Waals surface area (Å²) in [5.41, 5.74) is 1.26. The van der Waals surface area contributed by atoms with Crippen LogP contribution >= 0.6 is 11.3 Å². The molecule has 7 heteroatoms. The molecule has 3 rings (SSSR count). The fourth-order valence-electron chi connectivity index (χ4n) is 3.39. The third-order valence-electron chi connectivity index (χ3n) is 4.43. The summed E-state index contributed by atoms with van der Waals surface area (Å²) >= 11 is 1.26. The van der Waals surface area contributed by atoms with E-state index in [0.29, 0.717) is 4.21 Å². The highest BCUT2D eigenvalue weighted by molar-refractivity contribution is 7.91. The molecule has 0 bridgehead atoms. The Labute approximate surface area is 154 Å². The van der Waals surface area contributed by atoms with Crippen molar-refractivity contribution in [2.45, 2.75) is 16.8 Å². The topological polar surface area (TPSA) is 52.6 Å². The van der Waals surface area contributed by atoms with Crippen LogP contribution in [0.25, 0.3) is 0 Å². The molecule has 0 aliphatic carbocycles. The maximum Gasteiger partial charge on any atom is 0.250 e. The third-order valence-corrected chi connectivity index (χ3v) is 7.32. The molecular weight excluding hydrogens is 354 g/mol. The van der Waals surface area contributed by atoms with E-state index >= 15 is 0 Å². The average Bonchev–Trinajstić information content (AvgIpc) is 3.19. The molecule has 2 heterocycles. The summed E-state index contributed by atoms with van der Waals surface area (Å²) in [5.74, 6) is 0.272. The van der Waals surface area contributed by atoms with Crippen LogP contribution in [0.2, 0.25) is 0 Å². The van der Waals surface area contributed by atoms with Crippen molar-refractivity contribution in [1.29, 1.82) is 0 Å². The molecule has 1 aromatic heterocycles. The number of nitrogens with one attached hydrogen (secondary N) is 1. The van der Waals surface area contributed by atoms with Crippen molar-refractivity contribution in [3.63, 3.8) is 0 Å². The summed E-state index contributed by atoms with van der Waals surface area (Å²) < 4.78 is 28.6. The quantitative estimate of drug-likeness (QED) is 0.800. The van der Waals surface area contributed by atoms with Crippen LogP contribution < -0.4 is 4.72 Å². The number of nitrogens with zero attached hydrogens (tertiary/aromatic N) is 2. The Morgan fingerprint density at radius 2 is 1.92 bits per heavy atom. The summed E-state index contributed by atoms with van der Waals surface area (Å²) in [4.78, 5) is 4.47. The number of thiophene rings is 1. The summed E-state index contributed by atoms with van der Waals surface area (Å²) in [5, 5.41) is 1.79. The van der Waals surface area contributed by atoms with Crippen molar-refractivity contribution in [3.05, 3.63) is 53.4 Å². The lowest BCUT2D eigenvalue weighted by molar-refractivity contribution is 0.283. The van der Waals surface area contributed by atoms with E-state index in [1.165, 1.54) is 16.9 Å². The molecular formula is C18H25N3O2S2. The first kappa shape index (κ1) is 18.5. The summed E-state index contributed by atoms with van der Waals surface area (Å²) in [6.07, 6.45) is 0. The van der Waals surface area contributed by atoms with Gasteiger partial charge in [0.25, 0.3) is 0 Å². The van der Waals surface area contributed by atoms with E-state index in [-0.39, 0.29) is 12.0 Å². The van der Waals surface area contributed by atoms with Gasteiger partial charge in [0.2, 0.25) is 10.0 Å². The van der Waals surface area contributed by atoms with Crippen LogP contribution in [-0.2, 0) is 16.6 Å². The first-order valence-electron chi connectivity index (χ1n) is 8.41. The average molecular weight is 380 g/mol. The molecule has 25 heavy (non-hydrogen) atoms. The van der Waals surface area contributed by atoms with E-state index in [2.05, 4.69) is 26.7 Å². The summed E-state index contributed by atoms with van der Waals surface area (Å²) in [6.45, 7) is 3.34. The zero-order chi connectivity index (χ0) is 17.9. The van der Waals surface area contributed by atoms with Crippen LogP contribution in [0.15, 0.2) is 52.1 Å². The Hall–Kier alpha value is -1.25. The molecule has 1 aromatic carbocycles. The van der Waals surface area contributed by atoms with Gasteiger partial charge in [0, 0.05) is 38.1 Å². The Morgan fingerprint density at radius 1 is 1.16 bits per heavy atom. The minimum atomic E-state index is -3.44. The van der Waals surface area contributed by atoms with Gasteiger partial charge in [0.15, 0.2) is 0 Å². The molecule has 2 aromatic rings. The lowest BCUT2D eigenvalue weighted by atomic mass is 10.0. The van der Waals surface area contributed by atoms with Gasteiger partial charge in [0.05, 0.1) is 0 Å². The zero-order valence-electron chi connectivity index (χ0n) is 14.6. The van der Waals surface area contributed by atoms with Gasteiger partial charge in [-0.15, -0.1) is 11.3 Å². The minimum absolute atomic E-state index is 0.0711. The van der Waals surface area contributed by atoms with Crippen LogP contribution in [-0.4, -0.2) is 58.0 Å². The Morgan fingerprint density at radius 3 is 2.56 bits per heavy atom. The summed E-state index contributed by atoms with van der Waals surface area (Å²) in [6, 6.07) is 13.7. The van der Waals surface area contributed by atoms with Crippen LogP contribution in [0, 0.1) is 5.92 Å². The maximum absolute atomic E-state index is 12.6. The second-order valence-electron chi connectivity index (χ2n) is 6.86. The van der Waals surface area contributed by atoms with E-state index in [4.69, 9.17) is 0 Å². The van der Waals surface area contributed by atoms with Gasteiger partial charge < -0.3 is 4.90 Å². The highest BCUT2D eigenvalue weighted by atomic mass is 32.2. The first-order valence-corrected chi connectivity index (χ1v) is 10.8. The predicted octanol–water partition coefficient (Wildman–Crippen LogP) is 2.09. The second-order valence-corrected chi connectivity index (χ2v) is 9.75. The van der Waals surface area contributed by atoms with Crippen molar-refractivity contribution in [2.75, 3.05) is 33.7 Å². The van der Waals surface area contributed by atoms with Crippen molar-refractivity contribution in [3.8, 4) is 0 Å². The SMILES string of the molecule is CN(C)C[C@@H]1CN(Cc2ccccc2)C[C@H]1NS(=O)(=O)c1cccs1. The van der Waals surface area contributed by atoms with Gasteiger partial charge in [-0.25, -0.2) is 13.1 Å². The zero-order valence-corrected chi connectivity index (χ0v) is 16.3. The largest absolute Gasteiger partial charge is 0.309 e. The molecule has 1 saturated heterocycles. The monoisotopic (exact) mass is 379 g/mol. The van der Waals surface area contributed by atoms with Gasteiger partial charge >= 0.3 is 0 Å². The Bertz CT molecular complexity index is 761. The summed E-state index contributed by atoms with van der Waals surface area (Å²) in [7, 11) is 0.623. The first-order chi connectivity index (χ1) is 11.9. The van der Waals surface area contributed by atoms with Gasteiger partial charge in [-0.2, -0.15) is 0 Å². The van der Waals surface area contributed by atoms with Gasteiger partial charge in [-0.05, 0) is 31.1 Å². The molecule has 0 amide bonds. The standard InChI is InChI=1S/C18H25N3O2S2/c1-20(2)12-16-13-21(11-15-7-4-3-5-8-15)14-17(16)19-25(22,23)18-9-6-10-24-18/h3-10,16-17,19H,11-14H2,1-2H3/t16-,17-/m1/s1. The number of hydrogen-bond donors (Lipinski definition) is 1. The van der Waals surface area contributed by atoms with E-state index in [1.54, 1.807) is 17.5 Å². The smallest absolute Gasteiger partial charge is 0.250 e. The number of rotatable bonds is 7. The second kappa shape index (κ2) is 7.97. The molecule has 136 valence electrons. The molecule has 1 N–H and O–H groups in total. The number of hydrogen-bond acceptors (Lipinski definition) is 5. The van der Waals surface area contributed by atoms with Crippen LogP contribution in [0.4, 0.5) is 0 Å². The van der Waals surface area contributed by atoms with Crippen LogP contribution in [0.1, 0.15) is 5.56 Å². The molecule has 2 atom stereocenters. The highest BCUT2D eigenvalue weighted by Crippen LogP contribution is 2.23. The highest BCUT2D eigenvalue weighted by Gasteiger charge is 2.36. The molecule has 1 aliphatic heterocycles. The normalized spacial score (nSPS) is 21.9. The molecule has 5 nitrogen and oxygen atoms in total. The third kappa shape index (κ3) is 4.89. The van der Waals surface area contributed by atoms with E-state index in [9.17, 15) is 8.42 Å². The molecule has 0 saturated carbocycles. The fourth-order valence-corrected chi connectivity index (χ4v) is 5.70. The lowest BCUT2D eigenvalue weighted by Gasteiger charge is -2.22. The number of sulfonamides is 1. The van der Waals surface area contributed by atoms with Crippen molar-refractivity contribution in [2.24, 2.45) is 5.92 Å². The molecule has 1 fully saturated rings. The van der Waals surface area contributed by atoms with E-state index in [1.807, 2.05) is 32.3 Å². The van der Waals surface area contributed by atoms with E-state index in [0.717, 1.165) is 26.2 Å². The number of likely N-dealkylation sites (tertiary alicyclic amines) is 1. The van der Waals surface area contributed by atoms with Gasteiger partial charge in [0.1, 0.15) is 4.21 Å². The van der Waals surface area contributed by atoms with Crippen molar-refractivity contribution < 1.29 is 8.42 Å².